The van der Waals surface area contributed by atoms with Crippen molar-refractivity contribution in [2.24, 2.45) is 5.92 Å². The van der Waals surface area contributed by atoms with E-state index in [-0.39, 0.29) is 13.0 Å². The average molecular weight is 259 g/mol. The molecule has 0 amide bonds. The fraction of sp³-hybridized carbons (Fsp3) is 0.571. The first kappa shape index (κ1) is 14.9. The van der Waals surface area contributed by atoms with Gasteiger partial charge in [-0.05, 0) is 31.0 Å². The highest BCUT2D eigenvalue weighted by molar-refractivity contribution is 5.49. The van der Waals surface area contributed by atoms with Crippen molar-refractivity contribution in [2.75, 3.05) is 18.0 Å². The van der Waals surface area contributed by atoms with Gasteiger partial charge in [-0.25, -0.2) is 0 Å². The van der Waals surface area contributed by atoms with Crippen molar-refractivity contribution >= 4 is 5.69 Å². The third kappa shape index (κ3) is 3.65. The van der Waals surface area contributed by atoms with Crippen molar-refractivity contribution in [3.8, 4) is 0 Å². The monoisotopic (exact) mass is 259 g/mol. The molecular weight excluding hydrogens is 239 g/mol. The highest BCUT2D eigenvalue weighted by atomic mass is 19.4. The molecule has 1 aromatic carbocycles. The minimum atomic E-state index is -4.06. The van der Waals surface area contributed by atoms with Crippen LogP contribution in [0.2, 0.25) is 0 Å². The van der Waals surface area contributed by atoms with Gasteiger partial charge in [-0.1, -0.05) is 26.0 Å². The van der Waals surface area contributed by atoms with Crippen LogP contribution in [0.1, 0.15) is 25.8 Å². The van der Waals surface area contributed by atoms with Crippen LogP contribution in [-0.4, -0.2) is 19.3 Å². The number of benzene rings is 1. The SMILES string of the molecule is CC.Cc1cccc(N2CCC(C(F)(F)F)C2)c1. The Morgan fingerprint density at radius 1 is 1.22 bits per heavy atom. The van der Waals surface area contributed by atoms with E-state index in [1.54, 1.807) is 0 Å². The number of aryl methyl sites for hydroxylation is 1. The second-order valence-corrected chi connectivity index (χ2v) is 4.31. The second kappa shape index (κ2) is 6.12. The molecule has 1 nitrogen and oxygen atoms in total. The van der Waals surface area contributed by atoms with E-state index in [1.807, 2.05) is 49.9 Å². The van der Waals surface area contributed by atoms with Gasteiger partial charge in [0.2, 0.25) is 0 Å². The summed E-state index contributed by atoms with van der Waals surface area (Å²) in [5.41, 5.74) is 1.97. The van der Waals surface area contributed by atoms with Gasteiger partial charge >= 0.3 is 6.18 Å². The topological polar surface area (TPSA) is 3.24 Å². The van der Waals surface area contributed by atoms with Crippen molar-refractivity contribution in [1.82, 2.24) is 0 Å². The molecule has 0 saturated carbocycles. The molecule has 0 radical (unpaired) electrons. The minimum Gasteiger partial charge on any atom is -0.371 e. The van der Waals surface area contributed by atoms with Crippen molar-refractivity contribution in [3.63, 3.8) is 0 Å². The minimum absolute atomic E-state index is 0.0902. The van der Waals surface area contributed by atoms with Crippen molar-refractivity contribution in [1.29, 1.82) is 0 Å². The third-order valence-corrected chi connectivity index (χ3v) is 3.02. The van der Waals surface area contributed by atoms with Crippen LogP contribution in [0, 0.1) is 12.8 Å². The summed E-state index contributed by atoms with van der Waals surface area (Å²) in [5, 5.41) is 0. The third-order valence-electron chi connectivity index (χ3n) is 3.02. The molecular formula is C14H20F3N. The van der Waals surface area contributed by atoms with Gasteiger partial charge in [0.05, 0.1) is 5.92 Å². The number of nitrogens with zero attached hydrogens (tertiary/aromatic N) is 1. The molecule has 18 heavy (non-hydrogen) atoms. The molecule has 2 rings (SSSR count). The van der Waals surface area contributed by atoms with Crippen LogP contribution in [0.3, 0.4) is 0 Å². The van der Waals surface area contributed by atoms with Gasteiger partial charge in [0.25, 0.3) is 0 Å². The lowest BCUT2D eigenvalue weighted by Gasteiger charge is -2.20. The molecule has 0 aliphatic carbocycles. The summed E-state index contributed by atoms with van der Waals surface area (Å²) < 4.78 is 37.5. The summed E-state index contributed by atoms with van der Waals surface area (Å²) in [6, 6.07) is 7.62. The molecule has 1 unspecified atom stereocenters. The molecule has 0 N–H and O–H groups in total. The Morgan fingerprint density at radius 2 is 1.89 bits per heavy atom. The lowest BCUT2D eigenvalue weighted by Crippen LogP contribution is -2.27. The van der Waals surface area contributed by atoms with Crippen LogP contribution >= 0.6 is 0 Å². The first-order valence-electron chi connectivity index (χ1n) is 6.35. The molecule has 1 aliphatic rings. The largest absolute Gasteiger partial charge is 0.393 e. The van der Waals surface area contributed by atoms with Gasteiger partial charge in [0.15, 0.2) is 0 Å². The molecule has 0 aromatic heterocycles. The van der Waals surface area contributed by atoms with Crippen LogP contribution < -0.4 is 4.90 Å². The fourth-order valence-corrected chi connectivity index (χ4v) is 2.09. The maximum atomic E-state index is 12.5. The maximum Gasteiger partial charge on any atom is 0.393 e. The highest BCUT2D eigenvalue weighted by Gasteiger charge is 2.43. The number of hydrogen-bond acceptors (Lipinski definition) is 1. The molecule has 0 spiro atoms. The Bertz CT molecular complexity index is 374. The Hall–Kier alpha value is -1.19. The second-order valence-electron chi connectivity index (χ2n) is 4.31. The molecule has 1 saturated heterocycles. The van der Waals surface area contributed by atoms with E-state index in [0.29, 0.717) is 6.54 Å². The van der Waals surface area contributed by atoms with E-state index >= 15 is 0 Å². The lowest BCUT2D eigenvalue weighted by molar-refractivity contribution is -0.168. The molecule has 1 atom stereocenters. The zero-order valence-corrected chi connectivity index (χ0v) is 11.1. The normalized spacial score (nSPS) is 19.4. The quantitative estimate of drug-likeness (QED) is 0.722. The van der Waals surface area contributed by atoms with Gasteiger partial charge in [0.1, 0.15) is 0 Å². The van der Waals surface area contributed by atoms with E-state index in [1.165, 1.54) is 0 Å². The maximum absolute atomic E-state index is 12.5. The Morgan fingerprint density at radius 3 is 2.39 bits per heavy atom. The van der Waals surface area contributed by atoms with Crippen molar-refractivity contribution < 1.29 is 13.2 Å². The smallest absolute Gasteiger partial charge is 0.371 e. The van der Waals surface area contributed by atoms with Crippen LogP contribution in [0.15, 0.2) is 24.3 Å². The summed E-state index contributed by atoms with van der Waals surface area (Å²) in [6.45, 7) is 6.53. The summed E-state index contributed by atoms with van der Waals surface area (Å²) in [4.78, 5) is 1.81. The first-order chi connectivity index (χ1) is 8.47. The van der Waals surface area contributed by atoms with Crippen molar-refractivity contribution in [3.05, 3.63) is 29.8 Å². The first-order valence-corrected chi connectivity index (χ1v) is 6.35. The number of halogens is 3. The molecule has 1 fully saturated rings. The molecule has 102 valence electrons. The number of alkyl halides is 3. The number of rotatable bonds is 1. The van der Waals surface area contributed by atoms with Crippen molar-refractivity contribution in [2.45, 2.75) is 33.4 Å². The van der Waals surface area contributed by atoms with Gasteiger partial charge in [-0.3, -0.25) is 0 Å². The molecule has 1 aliphatic heterocycles. The summed E-state index contributed by atoms with van der Waals surface area (Å²) in [5.74, 6) is -1.17. The zero-order valence-electron chi connectivity index (χ0n) is 11.1. The van der Waals surface area contributed by atoms with Crippen LogP contribution in [0.5, 0.6) is 0 Å². The van der Waals surface area contributed by atoms with Crippen LogP contribution in [0.25, 0.3) is 0 Å². The van der Waals surface area contributed by atoms with Gasteiger partial charge in [-0.2, -0.15) is 13.2 Å². The summed E-state index contributed by atoms with van der Waals surface area (Å²) in [6.07, 6.45) is -3.85. The summed E-state index contributed by atoms with van der Waals surface area (Å²) >= 11 is 0. The zero-order chi connectivity index (χ0) is 13.8. The number of hydrogen-bond donors (Lipinski definition) is 0. The van der Waals surface area contributed by atoms with Gasteiger partial charge in [0, 0.05) is 18.8 Å². The highest BCUT2D eigenvalue weighted by Crippen LogP contribution is 2.35. The molecule has 4 heteroatoms. The Balaban J connectivity index is 0.000000771. The van der Waals surface area contributed by atoms with E-state index in [2.05, 4.69) is 0 Å². The van der Waals surface area contributed by atoms with Gasteiger partial charge < -0.3 is 4.90 Å². The van der Waals surface area contributed by atoms with Gasteiger partial charge in [-0.15, -0.1) is 0 Å². The lowest BCUT2D eigenvalue weighted by atomic mass is 10.1. The van der Waals surface area contributed by atoms with E-state index < -0.39 is 12.1 Å². The molecule has 0 bridgehead atoms. The predicted octanol–water partition coefficient (Wildman–Crippen LogP) is 4.41. The molecule has 1 aromatic rings. The fourth-order valence-electron chi connectivity index (χ4n) is 2.09. The number of anilines is 1. The van der Waals surface area contributed by atoms with E-state index in [4.69, 9.17) is 0 Å². The Labute approximate surface area is 107 Å². The average Bonchev–Trinajstić information content (AvgIpc) is 2.80. The predicted molar refractivity (Wildman–Crippen MR) is 68.9 cm³/mol. The summed E-state index contributed by atoms with van der Waals surface area (Å²) in [7, 11) is 0. The van der Waals surface area contributed by atoms with E-state index in [9.17, 15) is 13.2 Å². The Kier molecular flexibility index (Phi) is 5.05. The van der Waals surface area contributed by atoms with Crippen LogP contribution in [-0.2, 0) is 0 Å². The molecule has 1 heterocycles. The van der Waals surface area contributed by atoms with E-state index in [0.717, 1.165) is 11.3 Å². The standard InChI is InChI=1S/C12H14F3N.C2H6/c1-9-3-2-4-11(7-9)16-6-5-10(8-16)12(13,14)15;1-2/h2-4,7,10H,5-6,8H2,1H3;1-2H3. The van der Waals surface area contributed by atoms with Crippen LogP contribution in [0.4, 0.5) is 18.9 Å².